The van der Waals surface area contributed by atoms with Crippen LogP contribution in [0.2, 0.25) is 0 Å². The van der Waals surface area contributed by atoms with E-state index in [-0.39, 0.29) is 5.54 Å². The highest BCUT2D eigenvalue weighted by atomic mass is 15.2. The minimum atomic E-state index is 0.240. The van der Waals surface area contributed by atoms with Crippen LogP contribution in [0.1, 0.15) is 38.4 Å². The lowest BCUT2D eigenvalue weighted by atomic mass is 9.97. The van der Waals surface area contributed by atoms with E-state index < -0.39 is 0 Å². The SMILES string of the molecule is CC1(C)CN[C@H](C2CC2)c2cccn21. The molecule has 0 unspecified atom stereocenters. The van der Waals surface area contributed by atoms with Crippen molar-refractivity contribution in [3.05, 3.63) is 24.0 Å². The van der Waals surface area contributed by atoms with Gasteiger partial charge in [0.2, 0.25) is 0 Å². The molecule has 0 saturated heterocycles. The summed E-state index contributed by atoms with van der Waals surface area (Å²) in [5.74, 6) is 0.903. The molecule has 0 amide bonds. The summed E-state index contributed by atoms with van der Waals surface area (Å²) in [6.45, 7) is 5.69. The van der Waals surface area contributed by atoms with Crippen LogP contribution in [-0.4, -0.2) is 11.1 Å². The normalized spacial score (nSPS) is 30.0. The molecule has 0 aromatic carbocycles. The number of hydrogen-bond donors (Lipinski definition) is 1. The molecule has 76 valence electrons. The summed E-state index contributed by atoms with van der Waals surface area (Å²) in [5.41, 5.74) is 1.73. The fourth-order valence-corrected chi connectivity index (χ4v) is 2.59. The fraction of sp³-hybridized carbons (Fsp3) is 0.667. The van der Waals surface area contributed by atoms with E-state index in [0.29, 0.717) is 6.04 Å². The smallest absolute Gasteiger partial charge is 0.0511 e. The predicted octanol–water partition coefficient (Wildman–Crippen LogP) is 2.28. The first-order valence-electron chi connectivity index (χ1n) is 5.60. The molecule has 0 radical (unpaired) electrons. The second kappa shape index (κ2) is 2.63. The summed E-state index contributed by atoms with van der Waals surface area (Å²) in [4.78, 5) is 0. The van der Waals surface area contributed by atoms with Crippen LogP contribution in [0, 0.1) is 5.92 Å². The van der Waals surface area contributed by atoms with Crippen LogP contribution in [-0.2, 0) is 5.54 Å². The van der Waals surface area contributed by atoms with Crippen molar-refractivity contribution in [1.29, 1.82) is 0 Å². The van der Waals surface area contributed by atoms with Crippen LogP contribution in [0.15, 0.2) is 18.3 Å². The van der Waals surface area contributed by atoms with Gasteiger partial charge in [0, 0.05) is 18.4 Å². The lowest BCUT2D eigenvalue weighted by Gasteiger charge is -2.38. The first kappa shape index (κ1) is 8.54. The molecule has 1 aliphatic heterocycles. The lowest BCUT2D eigenvalue weighted by Crippen LogP contribution is -2.46. The minimum Gasteiger partial charge on any atom is -0.343 e. The van der Waals surface area contributed by atoms with Gasteiger partial charge in [-0.3, -0.25) is 0 Å². The second-order valence-electron chi connectivity index (χ2n) is 5.31. The van der Waals surface area contributed by atoms with E-state index in [4.69, 9.17) is 0 Å². The first-order chi connectivity index (χ1) is 6.68. The van der Waals surface area contributed by atoms with E-state index in [2.05, 4.69) is 42.1 Å². The number of nitrogens with zero attached hydrogens (tertiary/aromatic N) is 1. The van der Waals surface area contributed by atoms with Gasteiger partial charge < -0.3 is 9.88 Å². The second-order valence-corrected chi connectivity index (χ2v) is 5.31. The van der Waals surface area contributed by atoms with Gasteiger partial charge in [0.15, 0.2) is 0 Å². The van der Waals surface area contributed by atoms with Crippen LogP contribution in [0.25, 0.3) is 0 Å². The third-order valence-corrected chi connectivity index (χ3v) is 3.60. The van der Waals surface area contributed by atoms with E-state index in [1.807, 2.05) is 0 Å². The van der Waals surface area contributed by atoms with Gasteiger partial charge in [-0.05, 0) is 44.7 Å². The maximum Gasteiger partial charge on any atom is 0.0511 e. The molecular formula is C12H18N2. The van der Waals surface area contributed by atoms with Crippen molar-refractivity contribution in [1.82, 2.24) is 9.88 Å². The van der Waals surface area contributed by atoms with Gasteiger partial charge in [-0.2, -0.15) is 0 Å². The van der Waals surface area contributed by atoms with Crippen molar-refractivity contribution in [3.8, 4) is 0 Å². The molecule has 2 aliphatic rings. The molecule has 3 rings (SSSR count). The van der Waals surface area contributed by atoms with Crippen molar-refractivity contribution in [3.63, 3.8) is 0 Å². The number of hydrogen-bond acceptors (Lipinski definition) is 1. The Hall–Kier alpha value is -0.760. The molecule has 1 N–H and O–H groups in total. The van der Waals surface area contributed by atoms with Gasteiger partial charge in [0.25, 0.3) is 0 Å². The lowest BCUT2D eigenvalue weighted by molar-refractivity contribution is 0.247. The third kappa shape index (κ3) is 1.13. The standard InChI is InChI=1S/C12H18N2/c1-12(2)8-13-11(9-5-6-9)10-4-3-7-14(10)12/h3-4,7,9,11,13H,5-6,8H2,1-2H3/t11-/m1/s1. The molecule has 1 saturated carbocycles. The molecule has 0 spiro atoms. The molecule has 1 atom stereocenters. The van der Waals surface area contributed by atoms with E-state index in [9.17, 15) is 0 Å². The van der Waals surface area contributed by atoms with Crippen molar-refractivity contribution in [2.24, 2.45) is 5.92 Å². The number of rotatable bonds is 1. The third-order valence-electron chi connectivity index (χ3n) is 3.60. The maximum atomic E-state index is 3.69. The number of nitrogens with one attached hydrogen (secondary N) is 1. The average molecular weight is 190 g/mol. The van der Waals surface area contributed by atoms with Crippen LogP contribution in [0.4, 0.5) is 0 Å². The summed E-state index contributed by atoms with van der Waals surface area (Å²) in [7, 11) is 0. The minimum absolute atomic E-state index is 0.240. The number of fused-ring (bicyclic) bond motifs is 1. The van der Waals surface area contributed by atoms with Crippen molar-refractivity contribution in [2.75, 3.05) is 6.54 Å². The Morgan fingerprint density at radius 3 is 2.93 bits per heavy atom. The Labute approximate surface area is 85.3 Å². The zero-order valence-electron chi connectivity index (χ0n) is 8.96. The molecule has 1 fully saturated rings. The largest absolute Gasteiger partial charge is 0.343 e. The van der Waals surface area contributed by atoms with Crippen molar-refractivity contribution in [2.45, 2.75) is 38.3 Å². The van der Waals surface area contributed by atoms with Crippen LogP contribution in [0.3, 0.4) is 0 Å². The first-order valence-corrected chi connectivity index (χ1v) is 5.60. The summed E-state index contributed by atoms with van der Waals surface area (Å²) < 4.78 is 2.45. The molecule has 1 aliphatic carbocycles. The molecule has 2 heterocycles. The van der Waals surface area contributed by atoms with E-state index in [1.54, 1.807) is 0 Å². The molecule has 14 heavy (non-hydrogen) atoms. The fourth-order valence-electron chi connectivity index (χ4n) is 2.59. The summed E-state index contributed by atoms with van der Waals surface area (Å²) in [6.07, 6.45) is 5.04. The highest BCUT2D eigenvalue weighted by Crippen LogP contribution is 2.43. The maximum absolute atomic E-state index is 3.69. The Balaban J connectivity index is 2.03. The Bertz CT molecular complexity index is 347. The van der Waals surface area contributed by atoms with Crippen molar-refractivity contribution < 1.29 is 0 Å². The number of aromatic nitrogens is 1. The zero-order valence-corrected chi connectivity index (χ0v) is 8.96. The van der Waals surface area contributed by atoms with Gasteiger partial charge in [-0.15, -0.1) is 0 Å². The molecule has 2 nitrogen and oxygen atoms in total. The topological polar surface area (TPSA) is 17.0 Å². The van der Waals surface area contributed by atoms with Crippen molar-refractivity contribution >= 4 is 0 Å². The van der Waals surface area contributed by atoms with Crippen LogP contribution < -0.4 is 5.32 Å². The summed E-state index contributed by atoms with van der Waals surface area (Å²) in [6, 6.07) is 5.08. The summed E-state index contributed by atoms with van der Waals surface area (Å²) >= 11 is 0. The van der Waals surface area contributed by atoms with Crippen LogP contribution >= 0.6 is 0 Å². The molecule has 2 heteroatoms. The van der Waals surface area contributed by atoms with Gasteiger partial charge in [0.1, 0.15) is 0 Å². The van der Waals surface area contributed by atoms with Gasteiger partial charge >= 0.3 is 0 Å². The molecule has 1 aromatic rings. The van der Waals surface area contributed by atoms with Crippen LogP contribution in [0.5, 0.6) is 0 Å². The summed E-state index contributed by atoms with van der Waals surface area (Å²) in [5, 5.41) is 3.69. The van der Waals surface area contributed by atoms with E-state index in [1.165, 1.54) is 18.5 Å². The molecule has 1 aromatic heterocycles. The van der Waals surface area contributed by atoms with E-state index in [0.717, 1.165) is 12.5 Å². The van der Waals surface area contributed by atoms with Gasteiger partial charge in [-0.1, -0.05) is 0 Å². The Morgan fingerprint density at radius 2 is 2.21 bits per heavy atom. The van der Waals surface area contributed by atoms with Gasteiger partial charge in [-0.25, -0.2) is 0 Å². The monoisotopic (exact) mass is 190 g/mol. The Morgan fingerprint density at radius 1 is 1.43 bits per heavy atom. The Kier molecular flexibility index (Phi) is 1.61. The molecular weight excluding hydrogens is 172 g/mol. The quantitative estimate of drug-likeness (QED) is 0.719. The zero-order chi connectivity index (χ0) is 9.76. The highest BCUT2D eigenvalue weighted by Gasteiger charge is 2.39. The van der Waals surface area contributed by atoms with Gasteiger partial charge in [0.05, 0.1) is 11.6 Å². The highest BCUT2D eigenvalue weighted by molar-refractivity contribution is 5.20. The predicted molar refractivity (Wildman–Crippen MR) is 57.2 cm³/mol. The molecule has 0 bridgehead atoms. The average Bonchev–Trinajstić information content (AvgIpc) is 2.81. The van der Waals surface area contributed by atoms with E-state index >= 15 is 0 Å².